The van der Waals surface area contributed by atoms with Gasteiger partial charge in [-0.3, -0.25) is 14.6 Å². The summed E-state index contributed by atoms with van der Waals surface area (Å²) in [6.07, 6.45) is 7.87. The number of hydrogen-bond donors (Lipinski definition) is 2. The van der Waals surface area contributed by atoms with Gasteiger partial charge < -0.3 is 10.6 Å². The predicted molar refractivity (Wildman–Crippen MR) is 83.2 cm³/mol. The molecule has 5 heteroatoms. The van der Waals surface area contributed by atoms with Gasteiger partial charge in [0.25, 0.3) is 5.91 Å². The lowest BCUT2D eigenvalue weighted by molar-refractivity contribution is -0.127. The molecule has 2 amide bonds. The van der Waals surface area contributed by atoms with Crippen LogP contribution < -0.4 is 10.6 Å². The number of hydrogen-bond acceptors (Lipinski definition) is 3. The maximum atomic E-state index is 12.2. The highest BCUT2D eigenvalue weighted by Gasteiger charge is 2.40. The molecule has 1 saturated heterocycles. The van der Waals surface area contributed by atoms with E-state index in [0.717, 1.165) is 25.7 Å². The second-order valence-corrected chi connectivity index (χ2v) is 6.43. The molecule has 0 bridgehead atoms. The summed E-state index contributed by atoms with van der Waals surface area (Å²) in [6, 6.07) is 3.79. The van der Waals surface area contributed by atoms with Crippen LogP contribution in [0.4, 0.5) is 0 Å². The largest absolute Gasteiger partial charge is 0.353 e. The van der Waals surface area contributed by atoms with Crippen molar-refractivity contribution in [2.45, 2.75) is 51.1 Å². The van der Waals surface area contributed by atoms with Gasteiger partial charge in [0.2, 0.25) is 5.91 Å². The van der Waals surface area contributed by atoms with Crippen molar-refractivity contribution in [1.29, 1.82) is 0 Å². The van der Waals surface area contributed by atoms with Gasteiger partial charge in [0.05, 0.1) is 0 Å². The Balaban J connectivity index is 1.62. The first kappa shape index (κ1) is 15.0. The maximum Gasteiger partial charge on any atom is 0.251 e. The van der Waals surface area contributed by atoms with Crippen molar-refractivity contribution in [1.82, 2.24) is 15.6 Å². The average Bonchev–Trinajstić information content (AvgIpc) is 2.54. The number of carbonyl (C=O) groups is 2. The highest BCUT2D eigenvalue weighted by atomic mass is 16.2. The van der Waals surface area contributed by atoms with Crippen molar-refractivity contribution in [3.05, 3.63) is 30.1 Å². The van der Waals surface area contributed by atoms with Crippen molar-refractivity contribution in [2.24, 2.45) is 11.8 Å². The summed E-state index contributed by atoms with van der Waals surface area (Å²) < 4.78 is 0. The first-order chi connectivity index (χ1) is 10.7. The van der Waals surface area contributed by atoms with E-state index in [4.69, 9.17) is 0 Å². The van der Waals surface area contributed by atoms with E-state index < -0.39 is 0 Å². The number of amides is 2. The number of nitrogens with zero attached hydrogens (tertiary/aromatic N) is 1. The summed E-state index contributed by atoms with van der Waals surface area (Å²) in [4.78, 5) is 28.0. The van der Waals surface area contributed by atoms with Crippen molar-refractivity contribution < 1.29 is 9.59 Å². The molecule has 0 spiro atoms. The lowest BCUT2D eigenvalue weighted by atomic mass is 9.70. The van der Waals surface area contributed by atoms with Gasteiger partial charge in [-0.1, -0.05) is 13.3 Å². The van der Waals surface area contributed by atoms with Crippen LogP contribution in [-0.2, 0) is 4.79 Å². The molecule has 0 radical (unpaired) electrons. The minimum Gasteiger partial charge on any atom is -0.353 e. The number of fused-ring (bicyclic) bond motifs is 1. The zero-order valence-electron chi connectivity index (χ0n) is 12.9. The molecule has 22 heavy (non-hydrogen) atoms. The molecule has 1 saturated carbocycles. The molecule has 3 rings (SSSR count). The number of aromatic nitrogens is 1. The van der Waals surface area contributed by atoms with E-state index in [-0.39, 0.29) is 23.9 Å². The number of piperidine rings is 1. The Morgan fingerprint density at radius 3 is 2.86 bits per heavy atom. The Labute approximate surface area is 130 Å². The van der Waals surface area contributed by atoms with Crippen LogP contribution in [0.5, 0.6) is 0 Å². The van der Waals surface area contributed by atoms with E-state index >= 15 is 0 Å². The number of carbonyl (C=O) groups excluding carboxylic acids is 2. The molecule has 1 aromatic heterocycles. The van der Waals surface area contributed by atoms with Crippen LogP contribution in [0.15, 0.2) is 24.5 Å². The summed E-state index contributed by atoms with van der Waals surface area (Å²) in [5, 5.41) is 6.22. The third-order valence-corrected chi connectivity index (χ3v) is 5.11. The Hall–Kier alpha value is -1.91. The van der Waals surface area contributed by atoms with Crippen LogP contribution in [0.25, 0.3) is 0 Å². The lowest BCUT2D eigenvalue weighted by Gasteiger charge is -2.44. The van der Waals surface area contributed by atoms with E-state index in [1.165, 1.54) is 0 Å². The summed E-state index contributed by atoms with van der Waals surface area (Å²) in [5.41, 5.74) is 0.635. The number of rotatable bonds is 3. The maximum absolute atomic E-state index is 12.2. The van der Waals surface area contributed by atoms with Gasteiger partial charge in [-0.05, 0) is 43.2 Å². The minimum atomic E-state index is -0.0555. The molecule has 1 aromatic rings. The predicted octanol–water partition coefficient (Wildman–Crippen LogP) is 1.89. The fourth-order valence-corrected chi connectivity index (χ4v) is 3.93. The summed E-state index contributed by atoms with van der Waals surface area (Å²) in [7, 11) is 0. The van der Waals surface area contributed by atoms with Crippen molar-refractivity contribution in [2.75, 3.05) is 0 Å². The normalized spacial score (nSPS) is 31.0. The third kappa shape index (κ3) is 3.13. The standard InChI is InChI=1S/C17H23N3O2/c1-2-11-9-16(21)20-15-10-13(3-4-14(11)15)19-17(22)12-5-7-18-8-6-12/h5-8,11,13-15H,2-4,9-10H2,1H3,(H,19,22)(H,20,21). The van der Waals surface area contributed by atoms with E-state index in [9.17, 15) is 9.59 Å². The second-order valence-electron chi connectivity index (χ2n) is 6.43. The zero-order chi connectivity index (χ0) is 15.5. The van der Waals surface area contributed by atoms with Gasteiger partial charge in [0.1, 0.15) is 0 Å². The van der Waals surface area contributed by atoms with E-state index in [0.29, 0.717) is 23.8 Å². The molecule has 0 aromatic carbocycles. The molecule has 5 nitrogen and oxygen atoms in total. The van der Waals surface area contributed by atoms with Crippen LogP contribution in [0.3, 0.4) is 0 Å². The van der Waals surface area contributed by atoms with Crippen LogP contribution in [0.2, 0.25) is 0 Å². The van der Waals surface area contributed by atoms with Gasteiger partial charge in [-0.25, -0.2) is 0 Å². The lowest BCUT2D eigenvalue weighted by Crippen LogP contribution is -2.55. The Bertz CT molecular complexity index is 546. The molecule has 4 unspecified atom stereocenters. The van der Waals surface area contributed by atoms with Gasteiger partial charge in [0.15, 0.2) is 0 Å². The monoisotopic (exact) mass is 301 g/mol. The van der Waals surface area contributed by atoms with Gasteiger partial charge >= 0.3 is 0 Å². The minimum absolute atomic E-state index is 0.0555. The zero-order valence-corrected chi connectivity index (χ0v) is 12.9. The molecule has 4 atom stereocenters. The first-order valence-electron chi connectivity index (χ1n) is 8.17. The van der Waals surface area contributed by atoms with E-state index in [1.807, 2.05) is 0 Å². The number of nitrogens with one attached hydrogen (secondary N) is 2. The Morgan fingerprint density at radius 2 is 2.14 bits per heavy atom. The summed E-state index contributed by atoms with van der Waals surface area (Å²) >= 11 is 0. The molecule has 2 heterocycles. The summed E-state index contributed by atoms with van der Waals surface area (Å²) in [6.45, 7) is 2.16. The van der Waals surface area contributed by atoms with Crippen LogP contribution in [0, 0.1) is 11.8 Å². The van der Waals surface area contributed by atoms with E-state index in [2.05, 4.69) is 22.5 Å². The molecule has 118 valence electrons. The molecule has 1 aliphatic heterocycles. The molecular weight excluding hydrogens is 278 g/mol. The van der Waals surface area contributed by atoms with Crippen molar-refractivity contribution >= 4 is 11.8 Å². The van der Waals surface area contributed by atoms with E-state index in [1.54, 1.807) is 24.5 Å². The molecule has 1 aliphatic carbocycles. The highest BCUT2D eigenvalue weighted by molar-refractivity contribution is 5.94. The van der Waals surface area contributed by atoms with Crippen molar-refractivity contribution in [3.63, 3.8) is 0 Å². The SMILES string of the molecule is CCC1CC(=O)NC2CC(NC(=O)c3ccncc3)CCC12. The molecule has 2 aliphatic rings. The highest BCUT2D eigenvalue weighted by Crippen LogP contribution is 2.36. The summed E-state index contributed by atoms with van der Waals surface area (Å²) in [5.74, 6) is 1.17. The van der Waals surface area contributed by atoms with Crippen LogP contribution in [-0.4, -0.2) is 28.9 Å². The fourth-order valence-electron chi connectivity index (χ4n) is 3.93. The van der Waals surface area contributed by atoms with Gasteiger partial charge in [-0.2, -0.15) is 0 Å². The molecule has 2 fully saturated rings. The third-order valence-electron chi connectivity index (χ3n) is 5.11. The fraction of sp³-hybridized carbons (Fsp3) is 0.588. The Morgan fingerprint density at radius 1 is 1.36 bits per heavy atom. The van der Waals surface area contributed by atoms with Gasteiger partial charge in [0, 0.05) is 36.5 Å². The smallest absolute Gasteiger partial charge is 0.251 e. The van der Waals surface area contributed by atoms with Crippen LogP contribution in [0.1, 0.15) is 49.4 Å². The van der Waals surface area contributed by atoms with Crippen molar-refractivity contribution in [3.8, 4) is 0 Å². The average molecular weight is 301 g/mol. The molecule has 2 N–H and O–H groups in total. The second kappa shape index (κ2) is 6.46. The topological polar surface area (TPSA) is 71.1 Å². The van der Waals surface area contributed by atoms with Crippen LogP contribution >= 0.6 is 0 Å². The van der Waals surface area contributed by atoms with Gasteiger partial charge in [-0.15, -0.1) is 0 Å². The first-order valence-corrected chi connectivity index (χ1v) is 8.17. The molecular formula is C17H23N3O2. The Kier molecular flexibility index (Phi) is 4.41. The number of pyridine rings is 1. The quantitative estimate of drug-likeness (QED) is 0.895.